The van der Waals surface area contributed by atoms with Crippen LogP contribution in [-0.2, 0) is 9.59 Å². The van der Waals surface area contributed by atoms with E-state index >= 15 is 0 Å². The van der Waals surface area contributed by atoms with Crippen LogP contribution < -0.4 is 4.90 Å². The van der Waals surface area contributed by atoms with E-state index in [-0.39, 0.29) is 23.5 Å². The summed E-state index contributed by atoms with van der Waals surface area (Å²) in [5, 5.41) is 12.0. The molecule has 0 aliphatic heterocycles. The van der Waals surface area contributed by atoms with E-state index < -0.39 is 11.0 Å². The predicted molar refractivity (Wildman–Crippen MR) is 142 cm³/mol. The first-order chi connectivity index (χ1) is 17.1. The van der Waals surface area contributed by atoms with Crippen molar-refractivity contribution >= 4 is 17.4 Å². The zero-order chi connectivity index (χ0) is 25.7. The zero-order valence-corrected chi connectivity index (χ0v) is 22.3. The van der Waals surface area contributed by atoms with Crippen LogP contribution in [0.3, 0.4) is 0 Å². The Morgan fingerprint density at radius 2 is 1.94 bits per heavy atom. The lowest BCUT2D eigenvalue weighted by atomic mass is 9.50. The molecule has 1 aromatic rings. The zero-order valence-electron chi connectivity index (χ0n) is 22.3. The molecule has 2 fully saturated rings. The van der Waals surface area contributed by atoms with Crippen LogP contribution in [0.1, 0.15) is 58.8 Å². The van der Waals surface area contributed by atoms with Crippen LogP contribution in [0.25, 0.3) is 0 Å². The molecule has 0 bridgehead atoms. The topological polar surface area (TPSA) is 73.7 Å². The molecule has 0 amide bonds. The van der Waals surface area contributed by atoms with Crippen molar-refractivity contribution in [1.29, 1.82) is 0 Å². The number of pyridine rings is 1. The van der Waals surface area contributed by atoms with Gasteiger partial charge in [0.25, 0.3) is 0 Å². The van der Waals surface area contributed by atoms with Gasteiger partial charge in [-0.2, -0.15) is 0 Å². The quantitative estimate of drug-likeness (QED) is 0.577. The molecule has 0 aromatic carbocycles. The standard InChI is InChI=1S/C30H41N3O3/c1-28-13-10-22(34)19-21(28)8-9-23-24(28)11-14-29(2)25(23)12-15-30(29,36)26(35)20-32(3)17-18-33(4)27-7-5-6-16-31-27/h5-7,11,16,19,23,25,36H,8-10,12-15,17-18,20H2,1-4H3/t23-,25+,28+,29+,30+/m1/s1. The molecule has 0 saturated heterocycles. The lowest BCUT2D eigenvalue weighted by Crippen LogP contribution is -2.56. The Morgan fingerprint density at radius 1 is 1.14 bits per heavy atom. The monoisotopic (exact) mass is 491 g/mol. The number of aliphatic hydroxyl groups is 1. The highest BCUT2D eigenvalue weighted by molar-refractivity contribution is 5.92. The molecule has 1 aromatic heterocycles. The number of anilines is 1. The first-order valence-corrected chi connectivity index (χ1v) is 13.6. The van der Waals surface area contributed by atoms with Crippen LogP contribution in [0, 0.1) is 22.7 Å². The third kappa shape index (κ3) is 3.97. The van der Waals surface area contributed by atoms with Crippen molar-refractivity contribution in [2.45, 2.75) is 64.4 Å². The van der Waals surface area contributed by atoms with Crippen LogP contribution in [-0.4, -0.2) is 65.9 Å². The summed E-state index contributed by atoms with van der Waals surface area (Å²) in [6.45, 7) is 6.19. The number of rotatable bonds is 7. The first-order valence-electron chi connectivity index (χ1n) is 13.6. The predicted octanol–water partition coefficient (Wildman–Crippen LogP) is 4.20. The highest BCUT2D eigenvalue weighted by Crippen LogP contribution is 2.65. The second-order valence-electron chi connectivity index (χ2n) is 12.2. The van der Waals surface area contributed by atoms with Gasteiger partial charge in [-0.05, 0) is 75.6 Å². The van der Waals surface area contributed by atoms with Crippen LogP contribution in [0.15, 0.2) is 47.7 Å². The van der Waals surface area contributed by atoms with Gasteiger partial charge in [0.05, 0.1) is 6.54 Å². The van der Waals surface area contributed by atoms with E-state index in [0.717, 1.165) is 44.5 Å². The molecule has 5 rings (SSSR count). The van der Waals surface area contributed by atoms with Gasteiger partial charge in [0.15, 0.2) is 11.6 Å². The van der Waals surface area contributed by atoms with Gasteiger partial charge >= 0.3 is 0 Å². The van der Waals surface area contributed by atoms with Crippen LogP contribution in [0.4, 0.5) is 5.82 Å². The van der Waals surface area contributed by atoms with E-state index in [4.69, 9.17) is 0 Å². The number of ketones is 2. The number of hydrogen-bond acceptors (Lipinski definition) is 6. The molecule has 4 aliphatic carbocycles. The molecular formula is C30H41N3O3. The van der Waals surface area contributed by atoms with Crippen molar-refractivity contribution in [1.82, 2.24) is 9.88 Å². The van der Waals surface area contributed by atoms with Gasteiger partial charge in [0.2, 0.25) is 0 Å². The van der Waals surface area contributed by atoms with E-state index in [2.05, 4.69) is 29.8 Å². The van der Waals surface area contributed by atoms with Crippen molar-refractivity contribution in [3.05, 3.63) is 47.7 Å². The molecular weight excluding hydrogens is 450 g/mol. The Balaban J connectivity index is 1.28. The molecule has 1 N–H and O–H groups in total. The Labute approximate surface area is 215 Å². The van der Waals surface area contributed by atoms with Gasteiger partial charge < -0.3 is 10.0 Å². The highest BCUT2D eigenvalue weighted by Gasteiger charge is 2.64. The lowest BCUT2D eigenvalue weighted by molar-refractivity contribution is -0.153. The molecule has 36 heavy (non-hydrogen) atoms. The average Bonchev–Trinajstić information content (AvgIpc) is 3.15. The van der Waals surface area contributed by atoms with E-state index in [1.807, 2.05) is 43.3 Å². The largest absolute Gasteiger partial charge is 0.381 e. The number of fused-ring (bicyclic) bond motifs is 5. The fourth-order valence-electron chi connectivity index (χ4n) is 7.80. The molecule has 0 radical (unpaired) electrons. The fourth-order valence-corrected chi connectivity index (χ4v) is 7.80. The maximum Gasteiger partial charge on any atom is 0.178 e. The maximum absolute atomic E-state index is 13.7. The van der Waals surface area contributed by atoms with Gasteiger partial charge in [-0.25, -0.2) is 4.98 Å². The van der Waals surface area contributed by atoms with Gasteiger partial charge in [0.1, 0.15) is 11.4 Å². The van der Waals surface area contributed by atoms with E-state index in [1.165, 1.54) is 11.1 Å². The number of hydrogen-bond donors (Lipinski definition) is 1. The number of carbonyl (C=O) groups is 2. The SMILES string of the molecule is CN(CCN(C)c1ccccn1)CC(=O)[C@@]1(O)CC[C@H]2[C@@H]3CCC4=CC(=O)CC[C@]4(C)C3=CC[C@@]21C. The Morgan fingerprint density at radius 3 is 2.69 bits per heavy atom. The van der Waals surface area contributed by atoms with Crippen LogP contribution >= 0.6 is 0 Å². The summed E-state index contributed by atoms with van der Waals surface area (Å²) in [7, 11) is 3.97. The molecule has 194 valence electrons. The Hall–Kier alpha value is -2.31. The van der Waals surface area contributed by atoms with Gasteiger partial charge in [0, 0.05) is 43.6 Å². The van der Waals surface area contributed by atoms with Crippen LogP contribution in [0.2, 0.25) is 0 Å². The number of carbonyl (C=O) groups excluding carboxylic acids is 2. The summed E-state index contributed by atoms with van der Waals surface area (Å²) in [6.07, 6.45) is 11.7. The van der Waals surface area contributed by atoms with Crippen LogP contribution in [0.5, 0.6) is 0 Å². The molecule has 2 saturated carbocycles. The number of likely N-dealkylation sites (N-methyl/N-ethyl adjacent to an activating group) is 2. The highest BCUT2D eigenvalue weighted by atomic mass is 16.3. The summed E-state index contributed by atoms with van der Waals surface area (Å²) in [6, 6.07) is 5.86. The van der Waals surface area contributed by atoms with Crippen molar-refractivity contribution in [3.8, 4) is 0 Å². The number of aromatic nitrogens is 1. The van der Waals surface area contributed by atoms with Crippen molar-refractivity contribution in [3.63, 3.8) is 0 Å². The fraction of sp³-hybridized carbons (Fsp3) is 0.633. The maximum atomic E-state index is 13.7. The number of allylic oxidation sites excluding steroid dienone is 4. The first kappa shape index (κ1) is 25.3. The number of Topliss-reactive ketones (excluding diaryl/α,β-unsaturated/α-hetero) is 1. The normalized spacial score (nSPS) is 35.4. The Kier molecular flexibility index (Phi) is 6.49. The van der Waals surface area contributed by atoms with Gasteiger partial charge in [-0.15, -0.1) is 0 Å². The summed E-state index contributed by atoms with van der Waals surface area (Å²) in [5.41, 5.74) is 1.02. The average molecular weight is 492 g/mol. The van der Waals surface area contributed by atoms with Crippen molar-refractivity contribution < 1.29 is 14.7 Å². The summed E-state index contributed by atoms with van der Waals surface area (Å²) in [5.74, 6) is 1.83. The second kappa shape index (κ2) is 9.21. The minimum Gasteiger partial charge on any atom is -0.381 e. The number of nitrogens with zero attached hydrogens (tertiary/aromatic N) is 3. The van der Waals surface area contributed by atoms with Gasteiger partial charge in [-0.3, -0.25) is 14.5 Å². The minimum absolute atomic E-state index is 0.0251. The van der Waals surface area contributed by atoms with Gasteiger partial charge in [-0.1, -0.05) is 37.1 Å². The molecule has 0 unspecified atom stereocenters. The van der Waals surface area contributed by atoms with E-state index in [9.17, 15) is 14.7 Å². The smallest absolute Gasteiger partial charge is 0.178 e. The summed E-state index contributed by atoms with van der Waals surface area (Å²) < 4.78 is 0. The summed E-state index contributed by atoms with van der Waals surface area (Å²) >= 11 is 0. The molecule has 6 heteroatoms. The molecule has 6 nitrogen and oxygen atoms in total. The summed E-state index contributed by atoms with van der Waals surface area (Å²) in [4.78, 5) is 34.2. The second-order valence-corrected chi connectivity index (χ2v) is 12.2. The minimum atomic E-state index is -1.29. The van der Waals surface area contributed by atoms with E-state index in [0.29, 0.717) is 31.2 Å². The van der Waals surface area contributed by atoms with Crippen molar-refractivity contribution in [2.75, 3.05) is 38.6 Å². The van der Waals surface area contributed by atoms with E-state index in [1.54, 1.807) is 6.20 Å². The third-order valence-electron chi connectivity index (χ3n) is 10.2. The Bertz CT molecular complexity index is 1100. The molecule has 5 atom stereocenters. The van der Waals surface area contributed by atoms with Crippen molar-refractivity contribution in [2.24, 2.45) is 22.7 Å². The lowest BCUT2D eigenvalue weighted by Gasteiger charge is -2.54. The molecule has 1 heterocycles. The molecule has 0 spiro atoms. The third-order valence-corrected chi connectivity index (χ3v) is 10.2. The molecule has 4 aliphatic rings.